The lowest BCUT2D eigenvalue weighted by Gasteiger charge is -2.21. The lowest BCUT2D eigenvalue weighted by atomic mass is 10.0. The van der Waals surface area contributed by atoms with Gasteiger partial charge >= 0.3 is 5.97 Å². The molecule has 0 spiro atoms. The van der Waals surface area contributed by atoms with Crippen molar-refractivity contribution < 1.29 is 9.53 Å². The third-order valence-corrected chi connectivity index (χ3v) is 3.02. The third kappa shape index (κ3) is 4.48. The van der Waals surface area contributed by atoms with Gasteiger partial charge in [0.25, 0.3) is 0 Å². The molecule has 5 heteroatoms. The van der Waals surface area contributed by atoms with Gasteiger partial charge in [-0.2, -0.15) is 0 Å². The molecule has 0 bridgehead atoms. The largest absolute Gasteiger partial charge is 0.460 e. The summed E-state index contributed by atoms with van der Waals surface area (Å²) in [6.45, 7) is 5.42. The van der Waals surface area contributed by atoms with Crippen molar-refractivity contribution in [2.75, 3.05) is 0 Å². The monoisotopic (exact) mass is 289 g/mol. The van der Waals surface area contributed by atoms with E-state index in [0.717, 1.165) is 0 Å². The maximum absolute atomic E-state index is 11.7. The van der Waals surface area contributed by atoms with Crippen LogP contribution in [0.15, 0.2) is 18.2 Å². The SMILES string of the molecule is CC(C)(C)OC(=O)C[C@H](N)c1cccc(Cl)c1Cl. The van der Waals surface area contributed by atoms with Crippen molar-refractivity contribution in [3.63, 3.8) is 0 Å². The molecule has 2 N–H and O–H groups in total. The highest BCUT2D eigenvalue weighted by Crippen LogP contribution is 2.30. The van der Waals surface area contributed by atoms with Gasteiger partial charge in [0.1, 0.15) is 5.60 Å². The third-order valence-electron chi connectivity index (χ3n) is 2.19. The number of carbonyl (C=O) groups is 1. The van der Waals surface area contributed by atoms with E-state index in [4.69, 9.17) is 33.7 Å². The Hall–Kier alpha value is -0.770. The van der Waals surface area contributed by atoms with Gasteiger partial charge in [0.2, 0.25) is 0 Å². The van der Waals surface area contributed by atoms with Crippen molar-refractivity contribution in [3.05, 3.63) is 33.8 Å². The Morgan fingerprint density at radius 3 is 2.56 bits per heavy atom. The second-order valence-corrected chi connectivity index (χ2v) is 5.83. The van der Waals surface area contributed by atoms with E-state index in [0.29, 0.717) is 15.6 Å². The number of hydrogen-bond acceptors (Lipinski definition) is 3. The van der Waals surface area contributed by atoms with Gasteiger partial charge in [-0.25, -0.2) is 0 Å². The maximum Gasteiger partial charge on any atom is 0.308 e. The molecule has 0 aliphatic heterocycles. The summed E-state index contributed by atoms with van der Waals surface area (Å²) >= 11 is 11.9. The van der Waals surface area contributed by atoms with Gasteiger partial charge in [-0.05, 0) is 32.4 Å². The molecule has 0 saturated heterocycles. The van der Waals surface area contributed by atoms with Crippen LogP contribution in [0.2, 0.25) is 10.0 Å². The fourth-order valence-corrected chi connectivity index (χ4v) is 1.93. The van der Waals surface area contributed by atoms with E-state index in [1.165, 1.54) is 0 Å². The number of hydrogen-bond donors (Lipinski definition) is 1. The molecular weight excluding hydrogens is 273 g/mol. The van der Waals surface area contributed by atoms with Crippen molar-refractivity contribution in [1.82, 2.24) is 0 Å². The average molecular weight is 290 g/mol. The molecule has 1 aromatic rings. The predicted molar refractivity (Wildman–Crippen MR) is 73.9 cm³/mol. The van der Waals surface area contributed by atoms with Crippen LogP contribution in [0.5, 0.6) is 0 Å². The second kappa shape index (κ2) is 5.91. The summed E-state index contributed by atoms with van der Waals surface area (Å²) in [6, 6.07) is 4.65. The van der Waals surface area contributed by atoms with E-state index < -0.39 is 11.6 Å². The number of halogens is 2. The Morgan fingerprint density at radius 1 is 1.39 bits per heavy atom. The summed E-state index contributed by atoms with van der Waals surface area (Å²) in [4.78, 5) is 11.7. The minimum Gasteiger partial charge on any atom is -0.460 e. The van der Waals surface area contributed by atoms with E-state index in [2.05, 4.69) is 0 Å². The molecule has 0 heterocycles. The molecule has 0 aromatic heterocycles. The summed E-state index contributed by atoms with van der Waals surface area (Å²) in [5.41, 5.74) is 6.07. The van der Waals surface area contributed by atoms with Crippen molar-refractivity contribution >= 4 is 29.2 Å². The highest BCUT2D eigenvalue weighted by Gasteiger charge is 2.21. The van der Waals surface area contributed by atoms with Gasteiger partial charge in [-0.1, -0.05) is 35.3 Å². The van der Waals surface area contributed by atoms with Gasteiger partial charge in [0.15, 0.2) is 0 Å². The molecule has 18 heavy (non-hydrogen) atoms. The van der Waals surface area contributed by atoms with Gasteiger partial charge in [0.05, 0.1) is 16.5 Å². The first-order chi connectivity index (χ1) is 8.20. The van der Waals surface area contributed by atoms with Crippen molar-refractivity contribution in [1.29, 1.82) is 0 Å². The first-order valence-electron chi connectivity index (χ1n) is 5.62. The number of nitrogens with two attached hydrogens (primary N) is 1. The zero-order valence-electron chi connectivity index (χ0n) is 10.7. The van der Waals surface area contributed by atoms with Crippen LogP contribution in [0.3, 0.4) is 0 Å². The normalized spacial score (nSPS) is 13.2. The van der Waals surface area contributed by atoms with Crippen LogP contribution >= 0.6 is 23.2 Å². The number of rotatable bonds is 3. The molecule has 1 rings (SSSR count). The molecule has 3 nitrogen and oxygen atoms in total. The van der Waals surface area contributed by atoms with E-state index >= 15 is 0 Å². The molecule has 1 aromatic carbocycles. The highest BCUT2D eigenvalue weighted by atomic mass is 35.5. The van der Waals surface area contributed by atoms with Crippen LogP contribution in [-0.2, 0) is 9.53 Å². The Balaban J connectivity index is 2.74. The maximum atomic E-state index is 11.7. The van der Waals surface area contributed by atoms with E-state index in [1.54, 1.807) is 18.2 Å². The van der Waals surface area contributed by atoms with E-state index in [1.807, 2.05) is 20.8 Å². The van der Waals surface area contributed by atoms with E-state index in [-0.39, 0.29) is 12.4 Å². The molecule has 0 amide bonds. The Kier molecular flexibility index (Phi) is 5.02. The van der Waals surface area contributed by atoms with Crippen LogP contribution in [-0.4, -0.2) is 11.6 Å². The number of benzene rings is 1. The zero-order valence-corrected chi connectivity index (χ0v) is 12.2. The number of carbonyl (C=O) groups excluding carboxylic acids is 1. The smallest absolute Gasteiger partial charge is 0.308 e. The number of esters is 1. The topological polar surface area (TPSA) is 52.3 Å². The quantitative estimate of drug-likeness (QED) is 0.863. The predicted octanol–water partition coefficient (Wildman–Crippen LogP) is 3.73. The molecule has 0 fully saturated rings. The Labute approximate surface area is 117 Å². The Morgan fingerprint density at radius 2 is 2.00 bits per heavy atom. The number of ether oxygens (including phenoxy) is 1. The average Bonchev–Trinajstić information content (AvgIpc) is 2.18. The lowest BCUT2D eigenvalue weighted by molar-refractivity contribution is -0.155. The minimum atomic E-state index is -0.522. The molecule has 1 atom stereocenters. The van der Waals surface area contributed by atoms with Crippen molar-refractivity contribution in [3.8, 4) is 0 Å². The van der Waals surface area contributed by atoms with Crippen LogP contribution in [0.1, 0.15) is 38.8 Å². The van der Waals surface area contributed by atoms with Gasteiger partial charge < -0.3 is 10.5 Å². The fourth-order valence-electron chi connectivity index (χ4n) is 1.48. The van der Waals surface area contributed by atoms with Crippen LogP contribution in [0, 0.1) is 0 Å². The lowest BCUT2D eigenvalue weighted by Crippen LogP contribution is -2.26. The van der Waals surface area contributed by atoms with Gasteiger partial charge in [0, 0.05) is 6.04 Å². The molecular formula is C13H17Cl2NO2. The summed E-state index contributed by atoms with van der Waals surface area (Å²) < 4.78 is 5.20. The molecule has 100 valence electrons. The highest BCUT2D eigenvalue weighted by molar-refractivity contribution is 6.42. The summed E-state index contributed by atoms with van der Waals surface area (Å²) in [5.74, 6) is -0.356. The Bertz CT molecular complexity index is 441. The molecule has 0 radical (unpaired) electrons. The summed E-state index contributed by atoms with van der Waals surface area (Å²) in [5, 5.41) is 0.809. The van der Waals surface area contributed by atoms with Crippen molar-refractivity contribution in [2.24, 2.45) is 5.73 Å². The summed E-state index contributed by atoms with van der Waals surface area (Å²) in [6.07, 6.45) is 0.0668. The fraction of sp³-hybridized carbons (Fsp3) is 0.462. The second-order valence-electron chi connectivity index (χ2n) is 5.04. The molecule has 0 aliphatic rings. The van der Waals surface area contributed by atoms with Gasteiger partial charge in [-0.3, -0.25) is 4.79 Å². The van der Waals surface area contributed by atoms with Crippen molar-refractivity contribution in [2.45, 2.75) is 38.8 Å². The van der Waals surface area contributed by atoms with Crippen LogP contribution < -0.4 is 5.73 Å². The standard InChI is InChI=1S/C13H17Cl2NO2/c1-13(2,3)18-11(17)7-10(16)8-5-4-6-9(14)12(8)15/h4-6,10H,7,16H2,1-3H3/t10-/m0/s1. The zero-order chi connectivity index (χ0) is 13.9. The molecule has 0 unspecified atom stereocenters. The molecule has 0 saturated carbocycles. The van der Waals surface area contributed by atoms with Crippen LogP contribution in [0.25, 0.3) is 0 Å². The summed E-state index contributed by atoms with van der Waals surface area (Å²) in [7, 11) is 0. The minimum absolute atomic E-state index is 0.0668. The van der Waals surface area contributed by atoms with E-state index in [9.17, 15) is 4.79 Å². The first-order valence-corrected chi connectivity index (χ1v) is 6.37. The van der Waals surface area contributed by atoms with Gasteiger partial charge in [-0.15, -0.1) is 0 Å². The first kappa shape index (κ1) is 15.3. The van der Waals surface area contributed by atoms with Crippen LogP contribution in [0.4, 0.5) is 0 Å². The molecule has 0 aliphatic carbocycles.